The third-order valence-electron chi connectivity index (χ3n) is 2.23. The predicted molar refractivity (Wildman–Crippen MR) is 47.0 cm³/mol. The summed E-state index contributed by atoms with van der Waals surface area (Å²) in [5.41, 5.74) is 0.319. The van der Waals surface area contributed by atoms with Crippen LogP contribution < -0.4 is 0 Å². The van der Waals surface area contributed by atoms with E-state index in [4.69, 9.17) is 0 Å². The smallest absolute Gasteiger partial charge is 0.0979 e. The van der Waals surface area contributed by atoms with Crippen LogP contribution in [-0.4, -0.2) is 31.2 Å². The van der Waals surface area contributed by atoms with Crippen LogP contribution in [-0.2, 0) is 0 Å². The molecular formula is C8H15O2Si. The van der Waals surface area contributed by atoms with Gasteiger partial charge in [-0.15, -0.1) is 0 Å². The van der Waals surface area contributed by atoms with E-state index < -0.39 is 21.0 Å². The maximum Gasteiger partial charge on any atom is 0.0979 e. The Morgan fingerprint density at radius 2 is 2.00 bits per heavy atom. The molecule has 0 spiro atoms. The van der Waals surface area contributed by atoms with Gasteiger partial charge in [0.25, 0.3) is 0 Å². The van der Waals surface area contributed by atoms with Crippen molar-refractivity contribution < 1.29 is 10.2 Å². The quantitative estimate of drug-likeness (QED) is 0.452. The minimum absolute atomic E-state index is 0.319. The first kappa shape index (κ1) is 8.97. The minimum atomic E-state index is -0.631. The van der Waals surface area contributed by atoms with Crippen LogP contribution in [0.1, 0.15) is 6.42 Å². The monoisotopic (exact) mass is 171 g/mol. The zero-order valence-corrected chi connectivity index (χ0v) is 7.99. The van der Waals surface area contributed by atoms with E-state index in [2.05, 4.69) is 13.1 Å². The first-order valence-corrected chi connectivity index (χ1v) is 6.53. The van der Waals surface area contributed by atoms with E-state index in [1.165, 1.54) is 0 Å². The topological polar surface area (TPSA) is 40.5 Å². The number of rotatable bonds is 1. The normalized spacial score (nSPS) is 38.1. The summed E-state index contributed by atoms with van der Waals surface area (Å²) in [6.07, 6.45) is 3.43. The van der Waals surface area contributed by atoms with Crippen LogP contribution in [0.25, 0.3) is 0 Å². The van der Waals surface area contributed by atoms with Gasteiger partial charge in [-0.25, -0.2) is 0 Å². The SMILES string of the molecule is C[Si](C)C1CC=C[C@H](O)[C@@H]1O. The van der Waals surface area contributed by atoms with Crippen molar-refractivity contribution in [3.8, 4) is 0 Å². The molecule has 1 rings (SSSR count). The van der Waals surface area contributed by atoms with E-state index in [9.17, 15) is 10.2 Å². The maximum absolute atomic E-state index is 9.53. The van der Waals surface area contributed by atoms with Crippen molar-refractivity contribution in [2.45, 2.75) is 37.3 Å². The summed E-state index contributed by atoms with van der Waals surface area (Å²) in [5, 5.41) is 18.8. The Morgan fingerprint density at radius 3 is 2.45 bits per heavy atom. The first-order valence-electron chi connectivity index (χ1n) is 3.95. The van der Waals surface area contributed by atoms with Gasteiger partial charge in [-0.1, -0.05) is 25.2 Å². The molecule has 0 fully saturated rings. The standard InChI is InChI=1S/C8H15O2Si/c1-11(2)7-5-3-4-6(9)8(7)10/h3-4,6-10H,5H2,1-2H3/t6-,7?,8-/m0/s1. The number of allylic oxidation sites excluding steroid dienone is 1. The van der Waals surface area contributed by atoms with Crippen molar-refractivity contribution in [2.75, 3.05) is 0 Å². The molecule has 11 heavy (non-hydrogen) atoms. The highest BCUT2D eigenvalue weighted by molar-refractivity contribution is 6.57. The summed E-state index contributed by atoms with van der Waals surface area (Å²) in [6.45, 7) is 4.34. The summed E-state index contributed by atoms with van der Waals surface area (Å²) in [7, 11) is -0.478. The van der Waals surface area contributed by atoms with Crippen LogP contribution in [0.4, 0.5) is 0 Å². The van der Waals surface area contributed by atoms with E-state index in [0.717, 1.165) is 6.42 Å². The van der Waals surface area contributed by atoms with E-state index in [-0.39, 0.29) is 0 Å². The maximum atomic E-state index is 9.53. The van der Waals surface area contributed by atoms with Crippen LogP contribution in [0.2, 0.25) is 18.6 Å². The second-order valence-electron chi connectivity index (χ2n) is 3.33. The lowest BCUT2D eigenvalue weighted by molar-refractivity contribution is 0.0383. The molecule has 3 atom stereocenters. The van der Waals surface area contributed by atoms with Crippen LogP contribution >= 0.6 is 0 Å². The number of hydrogen-bond donors (Lipinski definition) is 2. The number of hydrogen-bond acceptors (Lipinski definition) is 2. The molecule has 1 aliphatic rings. The summed E-state index contributed by atoms with van der Waals surface area (Å²) >= 11 is 0. The molecular weight excluding hydrogens is 156 g/mol. The van der Waals surface area contributed by atoms with Crippen molar-refractivity contribution in [1.82, 2.24) is 0 Å². The fraction of sp³-hybridized carbons (Fsp3) is 0.750. The predicted octanol–water partition coefficient (Wildman–Crippen LogP) is 0.793. The molecule has 63 valence electrons. The molecule has 2 nitrogen and oxygen atoms in total. The van der Waals surface area contributed by atoms with Gasteiger partial charge in [-0.2, -0.15) is 0 Å². The summed E-state index contributed by atoms with van der Waals surface area (Å²) < 4.78 is 0. The zero-order chi connectivity index (χ0) is 8.43. The van der Waals surface area contributed by atoms with Gasteiger partial charge < -0.3 is 10.2 Å². The number of aliphatic hydroxyl groups excluding tert-OH is 2. The Balaban J connectivity index is 2.62. The van der Waals surface area contributed by atoms with E-state index in [1.54, 1.807) is 6.08 Å². The van der Waals surface area contributed by atoms with Crippen LogP contribution in [0.3, 0.4) is 0 Å². The molecule has 3 heteroatoms. The lowest BCUT2D eigenvalue weighted by atomic mass is 10.0. The highest BCUT2D eigenvalue weighted by Crippen LogP contribution is 2.27. The average Bonchev–Trinajstić information content (AvgIpc) is 1.94. The lowest BCUT2D eigenvalue weighted by Crippen LogP contribution is -2.36. The van der Waals surface area contributed by atoms with Gasteiger partial charge in [0.2, 0.25) is 0 Å². The average molecular weight is 171 g/mol. The van der Waals surface area contributed by atoms with Crippen LogP contribution in [0.15, 0.2) is 12.2 Å². The summed E-state index contributed by atoms with van der Waals surface area (Å²) in [4.78, 5) is 0. The highest BCUT2D eigenvalue weighted by atomic mass is 28.3. The molecule has 0 aliphatic heterocycles. The molecule has 0 saturated heterocycles. The molecule has 0 aromatic carbocycles. The highest BCUT2D eigenvalue weighted by Gasteiger charge is 2.29. The molecule has 2 N–H and O–H groups in total. The van der Waals surface area contributed by atoms with Crippen molar-refractivity contribution in [3.05, 3.63) is 12.2 Å². The third kappa shape index (κ3) is 1.92. The van der Waals surface area contributed by atoms with Gasteiger partial charge >= 0.3 is 0 Å². The van der Waals surface area contributed by atoms with Gasteiger partial charge in [-0.3, -0.25) is 0 Å². The molecule has 1 unspecified atom stereocenters. The summed E-state index contributed by atoms with van der Waals surface area (Å²) in [5.74, 6) is 0. The molecule has 0 aromatic rings. The fourth-order valence-electron chi connectivity index (χ4n) is 1.43. The van der Waals surface area contributed by atoms with Gasteiger partial charge in [-0.05, 0) is 12.0 Å². The van der Waals surface area contributed by atoms with Crippen molar-refractivity contribution in [3.63, 3.8) is 0 Å². The fourth-order valence-corrected chi connectivity index (χ4v) is 2.92. The second kappa shape index (κ2) is 3.52. The van der Waals surface area contributed by atoms with Gasteiger partial charge in [0.1, 0.15) is 0 Å². The van der Waals surface area contributed by atoms with Crippen molar-refractivity contribution in [1.29, 1.82) is 0 Å². The lowest BCUT2D eigenvalue weighted by Gasteiger charge is -2.30. The third-order valence-corrected chi connectivity index (χ3v) is 4.29. The van der Waals surface area contributed by atoms with Crippen LogP contribution in [0.5, 0.6) is 0 Å². The Hall–Kier alpha value is -0.123. The Morgan fingerprint density at radius 1 is 1.36 bits per heavy atom. The number of aliphatic hydroxyl groups is 2. The summed E-state index contributed by atoms with van der Waals surface area (Å²) in [6, 6.07) is 0. The largest absolute Gasteiger partial charge is 0.390 e. The molecule has 1 aliphatic carbocycles. The molecule has 0 bridgehead atoms. The molecule has 0 aromatic heterocycles. The molecule has 1 radical (unpaired) electrons. The van der Waals surface area contributed by atoms with E-state index in [0.29, 0.717) is 5.54 Å². The second-order valence-corrected chi connectivity index (χ2v) is 6.23. The van der Waals surface area contributed by atoms with Crippen molar-refractivity contribution >= 4 is 8.80 Å². The minimum Gasteiger partial charge on any atom is -0.390 e. The van der Waals surface area contributed by atoms with Crippen molar-refractivity contribution in [2.24, 2.45) is 0 Å². The van der Waals surface area contributed by atoms with Gasteiger partial charge in [0.05, 0.1) is 12.2 Å². The Bertz CT molecular complexity index is 156. The molecule has 0 heterocycles. The van der Waals surface area contributed by atoms with E-state index in [1.807, 2.05) is 6.08 Å². The van der Waals surface area contributed by atoms with Gasteiger partial charge in [0.15, 0.2) is 0 Å². The van der Waals surface area contributed by atoms with E-state index >= 15 is 0 Å². The molecule has 0 amide bonds. The Kier molecular flexibility index (Phi) is 2.87. The molecule has 0 saturated carbocycles. The first-order chi connectivity index (χ1) is 5.13. The van der Waals surface area contributed by atoms with Gasteiger partial charge in [0, 0.05) is 8.80 Å². The zero-order valence-electron chi connectivity index (χ0n) is 6.99. The Labute approximate surface area is 69.2 Å². The van der Waals surface area contributed by atoms with Crippen LogP contribution in [0, 0.1) is 0 Å².